The van der Waals surface area contributed by atoms with Gasteiger partial charge in [0.2, 0.25) is 11.8 Å². The molecule has 1 saturated heterocycles. The third kappa shape index (κ3) is 2.51. The lowest BCUT2D eigenvalue weighted by Gasteiger charge is -2.41. The molecule has 1 fully saturated rings. The number of piperazine rings is 1. The van der Waals surface area contributed by atoms with E-state index >= 15 is 0 Å². The van der Waals surface area contributed by atoms with E-state index in [1.54, 1.807) is 23.6 Å². The van der Waals surface area contributed by atoms with Crippen LogP contribution in [0.5, 0.6) is 0 Å². The fraction of sp³-hybridized carbons (Fsp3) is 0.818. The number of nitrogens with one attached hydrogen (secondary N) is 1. The van der Waals surface area contributed by atoms with Gasteiger partial charge in [0.25, 0.3) is 0 Å². The molecule has 0 aromatic heterocycles. The number of hydrogen-bond acceptors (Lipinski definition) is 3. The average Bonchev–Trinajstić information content (AvgIpc) is 2.23. The van der Waals surface area contributed by atoms with Crippen LogP contribution >= 0.6 is 11.8 Å². The molecule has 0 aromatic carbocycles. The van der Waals surface area contributed by atoms with E-state index in [2.05, 4.69) is 5.32 Å². The zero-order valence-electron chi connectivity index (χ0n) is 10.3. The van der Waals surface area contributed by atoms with E-state index in [-0.39, 0.29) is 29.9 Å². The van der Waals surface area contributed by atoms with E-state index < -0.39 is 0 Å². The quantitative estimate of drug-likeness (QED) is 0.798. The molecular weight excluding hydrogens is 224 g/mol. The minimum absolute atomic E-state index is 0.0254. The summed E-state index contributed by atoms with van der Waals surface area (Å²) >= 11 is 1.69. The van der Waals surface area contributed by atoms with Crippen LogP contribution in [-0.4, -0.2) is 46.8 Å². The largest absolute Gasteiger partial charge is 0.343 e. The van der Waals surface area contributed by atoms with Gasteiger partial charge in [0.05, 0.1) is 0 Å². The Labute approximate surface area is 101 Å². The summed E-state index contributed by atoms with van der Waals surface area (Å²) < 4.78 is 0. The standard InChI is InChI=1S/C11H20N2O2S/c1-5-9-10(14)12-8(3)11(15)13(9)7(2)6-16-4/h7-9H,5-6H2,1-4H3,(H,12,14). The number of amides is 2. The van der Waals surface area contributed by atoms with Crippen LogP contribution in [0.15, 0.2) is 0 Å². The molecule has 16 heavy (non-hydrogen) atoms. The van der Waals surface area contributed by atoms with Crippen LogP contribution in [0, 0.1) is 0 Å². The molecule has 1 rings (SSSR count). The molecule has 1 aliphatic heterocycles. The van der Waals surface area contributed by atoms with Crippen LogP contribution in [0.1, 0.15) is 27.2 Å². The molecule has 0 aromatic rings. The molecule has 3 atom stereocenters. The van der Waals surface area contributed by atoms with Crippen LogP contribution in [0.4, 0.5) is 0 Å². The summed E-state index contributed by atoms with van der Waals surface area (Å²) in [6, 6.07) is -0.577. The van der Waals surface area contributed by atoms with Crippen molar-refractivity contribution >= 4 is 23.6 Å². The topological polar surface area (TPSA) is 49.4 Å². The third-order valence-corrected chi connectivity index (χ3v) is 3.71. The fourth-order valence-corrected chi connectivity index (χ4v) is 2.75. The van der Waals surface area contributed by atoms with E-state index in [1.807, 2.05) is 20.1 Å². The van der Waals surface area contributed by atoms with E-state index in [0.29, 0.717) is 6.42 Å². The summed E-state index contributed by atoms with van der Waals surface area (Å²) in [5.41, 5.74) is 0. The third-order valence-electron chi connectivity index (χ3n) is 2.89. The van der Waals surface area contributed by atoms with Crippen molar-refractivity contribution < 1.29 is 9.59 Å². The highest BCUT2D eigenvalue weighted by Crippen LogP contribution is 2.18. The maximum atomic E-state index is 12.1. The monoisotopic (exact) mass is 244 g/mol. The first-order valence-electron chi connectivity index (χ1n) is 5.64. The van der Waals surface area contributed by atoms with Crippen molar-refractivity contribution in [2.75, 3.05) is 12.0 Å². The van der Waals surface area contributed by atoms with Crippen LogP contribution in [0.2, 0.25) is 0 Å². The van der Waals surface area contributed by atoms with Crippen molar-refractivity contribution in [3.63, 3.8) is 0 Å². The highest BCUT2D eigenvalue weighted by Gasteiger charge is 2.39. The van der Waals surface area contributed by atoms with Gasteiger partial charge >= 0.3 is 0 Å². The lowest BCUT2D eigenvalue weighted by molar-refractivity contribution is -0.150. The van der Waals surface area contributed by atoms with Crippen molar-refractivity contribution in [3.8, 4) is 0 Å². The number of thioether (sulfide) groups is 1. The van der Waals surface area contributed by atoms with Crippen molar-refractivity contribution in [1.29, 1.82) is 0 Å². The summed E-state index contributed by atoms with van der Waals surface area (Å²) in [7, 11) is 0. The van der Waals surface area contributed by atoms with Gasteiger partial charge in [-0.15, -0.1) is 0 Å². The maximum Gasteiger partial charge on any atom is 0.245 e. The van der Waals surface area contributed by atoms with Gasteiger partial charge in [0, 0.05) is 11.8 Å². The molecule has 5 heteroatoms. The van der Waals surface area contributed by atoms with Crippen molar-refractivity contribution in [2.24, 2.45) is 0 Å². The second kappa shape index (κ2) is 5.57. The van der Waals surface area contributed by atoms with Gasteiger partial charge in [-0.05, 0) is 26.5 Å². The molecule has 1 heterocycles. The average molecular weight is 244 g/mol. The second-order valence-electron chi connectivity index (χ2n) is 4.20. The molecule has 2 amide bonds. The Hall–Kier alpha value is -0.710. The summed E-state index contributed by atoms with van der Waals surface area (Å²) in [4.78, 5) is 25.6. The van der Waals surface area contributed by atoms with Crippen LogP contribution in [-0.2, 0) is 9.59 Å². The maximum absolute atomic E-state index is 12.1. The zero-order chi connectivity index (χ0) is 12.3. The Kier molecular flexibility index (Phi) is 4.65. The van der Waals surface area contributed by atoms with Gasteiger partial charge in [0.15, 0.2) is 0 Å². The Balaban J connectivity index is 2.88. The lowest BCUT2D eigenvalue weighted by Crippen LogP contribution is -2.64. The predicted molar refractivity (Wildman–Crippen MR) is 66.4 cm³/mol. The molecular formula is C11H20N2O2S. The molecule has 0 saturated carbocycles. The summed E-state index contributed by atoms with van der Waals surface area (Å²) in [6.07, 6.45) is 2.68. The van der Waals surface area contributed by atoms with Gasteiger partial charge in [-0.3, -0.25) is 9.59 Å². The number of carbonyl (C=O) groups excluding carboxylic acids is 2. The Morgan fingerprint density at radius 2 is 2.12 bits per heavy atom. The van der Waals surface area contributed by atoms with Crippen molar-refractivity contribution in [3.05, 3.63) is 0 Å². The fourth-order valence-electron chi connectivity index (χ4n) is 2.10. The van der Waals surface area contributed by atoms with Gasteiger partial charge in [-0.25, -0.2) is 0 Å². The van der Waals surface area contributed by atoms with Crippen molar-refractivity contribution in [1.82, 2.24) is 10.2 Å². The number of nitrogens with zero attached hydrogens (tertiary/aromatic N) is 1. The van der Waals surface area contributed by atoms with E-state index in [9.17, 15) is 9.59 Å². The van der Waals surface area contributed by atoms with Gasteiger partial charge in [-0.2, -0.15) is 11.8 Å². The van der Waals surface area contributed by atoms with Gasteiger partial charge in [0.1, 0.15) is 12.1 Å². The minimum Gasteiger partial charge on any atom is -0.343 e. The molecule has 1 aliphatic rings. The van der Waals surface area contributed by atoms with Crippen molar-refractivity contribution in [2.45, 2.75) is 45.3 Å². The Morgan fingerprint density at radius 1 is 1.50 bits per heavy atom. The first-order chi connectivity index (χ1) is 7.52. The van der Waals surface area contributed by atoms with Crippen LogP contribution < -0.4 is 5.32 Å². The van der Waals surface area contributed by atoms with Crippen LogP contribution in [0.3, 0.4) is 0 Å². The molecule has 0 spiro atoms. The molecule has 1 N–H and O–H groups in total. The molecule has 0 bridgehead atoms. The highest BCUT2D eigenvalue weighted by atomic mass is 32.2. The second-order valence-corrected chi connectivity index (χ2v) is 5.11. The SMILES string of the molecule is CCC1C(=O)NC(C)C(=O)N1C(C)CSC. The molecule has 3 unspecified atom stereocenters. The molecule has 4 nitrogen and oxygen atoms in total. The molecule has 0 aliphatic carbocycles. The normalized spacial score (nSPS) is 27.9. The smallest absolute Gasteiger partial charge is 0.245 e. The van der Waals surface area contributed by atoms with E-state index in [4.69, 9.17) is 0 Å². The Bertz CT molecular complexity index is 283. The van der Waals surface area contributed by atoms with Gasteiger partial charge in [-0.1, -0.05) is 6.92 Å². The highest BCUT2D eigenvalue weighted by molar-refractivity contribution is 7.98. The minimum atomic E-state index is -0.389. The van der Waals surface area contributed by atoms with E-state index in [1.165, 1.54) is 0 Å². The summed E-state index contributed by atoms with van der Waals surface area (Å²) in [6.45, 7) is 5.68. The molecule has 92 valence electrons. The summed E-state index contributed by atoms with van der Waals surface area (Å²) in [5.74, 6) is 0.873. The number of hydrogen-bond donors (Lipinski definition) is 1. The first-order valence-corrected chi connectivity index (χ1v) is 7.03. The summed E-state index contributed by atoms with van der Waals surface area (Å²) in [5, 5.41) is 2.72. The zero-order valence-corrected chi connectivity index (χ0v) is 11.1. The van der Waals surface area contributed by atoms with Gasteiger partial charge < -0.3 is 10.2 Å². The number of carbonyl (C=O) groups is 2. The predicted octanol–water partition coefficient (Wildman–Crippen LogP) is 0.863. The van der Waals surface area contributed by atoms with Crippen LogP contribution in [0.25, 0.3) is 0 Å². The number of rotatable bonds is 4. The first kappa shape index (κ1) is 13.4. The Morgan fingerprint density at radius 3 is 2.62 bits per heavy atom. The lowest BCUT2D eigenvalue weighted by atomic mass is 10.0. The van der Waals surface area contributed by atoms with E-state index in [0.717, 1.165) is 5.75 Å². The molecule has 0 radical (unpaired) electrons.